The van der Waals surface area contributed by atoms with Crippen molar-refractivity contribution in [2.75, 3.05) is 21.1 Å². The SMILES string of the molecule is CC(C)C[C@H](NC(=O)[C@H](Cc1csc2ccc(Cl)cc12)N(C)C(=O)[C@H](CC(C)C)NC(=O)[C@H](CC(C)C)N(C)C(=O)[C@@H](N)CC(F)(F)F)C(=O)N(C)[C@@H](C)C(=O)O[C@H](CCC#N)C(=O)O. The quantitative estimate of drug-likeness (QED) is 0.0989. The number of ether oxygens (including phenoxy) is 1. The highest BCUT2D eigenvalue weighted by Crippen LogP contribution is 2.31. The molecule has 0 aliphatic carbocycles. The number of nitrogens with two attached hydrogens (primary N) is 1. The normalized spacial score (nSPS) is 15.0. The predicted octanol–water partition coefficient (Wildman–Crippen LogP) is 5.29. The van der Waals surface area contributed by atoms with Gasteiger partial charge in [0, 0.05) is 50.1 Å². The van der Waals surface area contributed by atoms with Crippen LogP contribution in [0.4, 0.5) is 13.2 Å². The number of rotatable bonds is 24. The fourth-order valence-corrected chi connectivity index (χ4v) is 8.18. The standard InChI is InChI=1S/C44H63ClF3N7O9S/c1-23(2)16-31(40(59)53(8)26(7)43(63)64-35(42(61)62)12-11-15-49)51-38(57)34(19-27-22-65-36-14-13-28(45)20-29(27)36)55(10)41(60)32(17-24(3)4)52-37(56)33(18-25(5)6)54(9)39(58)30(50)21-44(46,47)48/h13-14,20,22-26,30-35H,11-12,16-19,21,50H2,1-10H3,(H,51,57)(H,52,56)(H,61,62)/t26-,30-,31-,32-,33-,34-,35+/m0/s1. The summed E-state index contributed by atoms with van der Waals surface area (Å²) in [6, 6.07) is -1.51. The van der Waals surface area contributed by atoms with Crippen LogP contribution >= 0.6 is 22.9 Å². The van der Waals surface area contributed by atoms with Crippen molar-refractivity contribution in [2.45, 2.75) is 142 Å². The molecule has 0 aliphatic rings. The van der Waals surface area contributed by atoms with Gasteiger partial charge in [0.15, 0.2) is 6.10 Å². The number of esters is 1. The van der Waals surface area contributed by atoms with Gasteiger partial charge < -0.3 is 40.9 Å². The fourth-order valence-electron chi connectivity index (χ4n) is 7.05. The van der Waals surface area contributed by atoms with Gasteiger partial charge in [-0.15, -0.1) is 11.3 Å². The molecule has 0 bridgehead atoms. The van der Waals surface area contributed by atoms with E-state index >= 15 is 0 Å². The number of alkyl halides is 3. The monoisotopic (exact) mass is 957 g/mol. The van der Waals surface area contributed by atoms with Crippen LogP contribution in [0.5, 0.6) is 0 Å². The summed E-state index contributed by atoms with van der Waals surface area (Å²) < 4.78 is 45.5. The highest BCUT2D eigenvalue weighted by molar-refractivity contribution is 7.17. The number of fused-ring (bicyclic) bond motifs is 1. The van der Waals surface area contributed by atoms with E-state index < -0.39 is 96.4 Å². The first-order valence-electron chi connectivity index (χ1n) is 21.3. The number of nitrogens with zero attached hydrogens (tertiary/aromatic N) is 4. The number of nitriles is 1. The second-order valence-corrected chi connectivity index (χ2v) is 18.9. The van der Waals surface area contributed by atoms with E-state index in [1.165, 1.54) is 39.4 Å². The topological polar surface area (TPSA) is 233 Å². The minimum atomic E-state index is -4.74. The van der Waals surface area contributed by atoms with Crippen LogP contribution in [0.25, 0.3) is 10.1 Å². The molecule has 0 radical (unpaired) electrons. The molecule has 5 amide bonds. The van der Waals surface area contributed by atoms with Crippen molar-refractivity contribution in [1.29, 1.82) is 5.26 Å². The van der Waals surface area contributed by atoms with Crippen molar-refractivity contribution in [2.24, 2.45) is 23.5 Å². The molecule has 1 heterocycles. The molecule has 0 aliphatic heterocycles. The zero-order chi connectivity index (χ0) is 49.7. The van der Waals surface area contributed by atoms with Crippen LogP contribution in [-0.4, -0.2) is 131 Å². The number of aliphatic carboxylic acids is 1. The lowest BCUT2D eigenvalue weighted by atomic mass is 9.97. The Hall–Kier alpha value is -5.00. The molecule has 1 aromatic carbocycles. The largest absolute Gasteiger partial charge is 0.479 e. The molecule has 7 atom stereocenters. The third kappa shape index (κ3) is 17.1. The fraction of sp³-hybridized carbons (Fsp3) is 0.636. The van der Waals surface area contributed by atoms with Gasteiger partial charge in [0.1, 0.15) is 30.2 Å². The van der Waals surface area contributed by atoms with Crippen LogP contribution in [0.15, 0.2) is 23.6 Å². The van der Waals surface area contributed by atoms with Crippen LogP contribution in [0.2, 0.25) is 5.02 Å². The molecule has 0 spiro atoms. The first-order valence-corrected chi connectivity index (χ1v) is 22.5. The Balaban J connectivity index is 2.60. The van der Waals surface area contributed by atoms with Gasteiger partial charge in [0.05, 0.1) is 18.5 Å². The number of likely N-dealkylation sites (N-methyl/N-ethyl adjacent to an activating group) is 3. The first kappa shape index (κ1) is 56.1. The van der Waals surface area contributed by atoms with E-state index in [-0.39, 0.29) is 56.3 Å². The first-order chi connectivity index (χ1) is 30.1. The maximum atomic E-state index is 14.7. The zero-order valence-electron chi connectivity index (χ0n) is 38.5. The molecule has 65 heavy (non-hydrogen) atoms. The number of amides is 5. The van der Waals surface area contributed by atoms with E-state index in [9.17, 15) is 51.8 Å². The van der Waals surface area contributed by atoms with E-state index in [0.717, 1.165) is 19.4 Å². The van der Waals surface area contributed by atoms with Gasteiger partial charge in [-0.1, -0.05) is 53.1 Å². The highest BCUT2D eigenvalue weighted by atomic mass is 35.5. The third-order valence-electron chi connectivity index (χ3n) is 10.7. The van der Waals surface area contributed by atoms with Crippen LogP contribution in [0.3, 0.4) is 0 Å². The lowest BCUT2D eigenvalue weighted by Gasteiger charge is -2.35. The van der Waals surface area contributed by atoms with Gasteiger partial charge in [-0.25, -0.2) is 9.59 Å². The molecule has 0 saturated heterocycles. The Bertz CT molecular complexity index is 2040. The number of carbonyl (C=O) groups is 7. The summed E-state index contributed by atoms with van der Waals surface area (Å²) in [7, 11) is 3.82. The minimum Gasteiger partial charge on any atom is -0.479 e. The van der Waals surface area contributed by atoms with Gasteiger partial charge in [-0.3, -0.25) is 24.0 Å². The van der Waals surface area contributed by atoms with Crippen molar-refractivity contribution >= 4 is 74.5 Å². The molecule has 2 aromatic rings. The van der Waals surface area contributed by atoms with Gasteiger partial charge in [0.2, 0.25) is 29.5 Å². The molecule has 16 nitrogen and oxygen atoms in total. The van der Waals surface area contributed by atoms with E-state index in [1.807, 2.05) is 0 Å². The average Bonchev–Trinajstić information content (AvgIpc) is 3.60. The van der Waals surface area contributed by atoms with Gasteiger partial charge >= 0.3 is 18.1 Å². The molecule has 1 aromatic heterocycles. The smallest absolute Gasteiger partial charge is 0.391 e. The maximum Gasteiger partial charge on any atom is 0.391 e. The number of carboxylic acids is 1. The highest BCUT2D eigenvalue weighted by Gasteiger charge is 2.40. The maximum absolute atomic E-state index is 14.7. The molecule has 5 N–H and O–H groups in total. The number of hydrogen-bond acceptors (Lipinski definition) is 11. The number of carbonyl (C=O) groups excluding carboxylic acids is 6. The molecule has 0 unspecified atom stereocenters. The van der Waals surface area contributed by atoms with E-state index in [4.69, 9.17) is 27.3 Å². The second kappa shape index (κ2) is 25.1. The molecular formula is C44H63ClF3N7O9S. The lowest BCUT2D eigenvalue weighted by molar-refractivity contribution is -0.169. The molecular weight excluding hydrogens is 895 g/mol. The molecule has 362 valence electrons. The van der Waals surface area contributed by atoms with Crippen molar-refractivity contribution in [3.63, 3.8) is 0 Å². The Morgan fingerprint density at radius 2 is 1.34 bits per heavy atom. The van der Waals surface area contributed by atoms with Crippen molar-refractivity contribution in [3.05, 3.63) is 34.2 Å². The summed E-state index contributed by atoms with van der Waals surface area (Å²) >= 11 is 7.73. The molecule has 0 fully saturated rings. The van der Waals surface area contributed by atoms with Gasteiger partial charge in [0.25, 0.3) is 0 Å². The number of benzene rings is 1. The van der Waals surface area contributed by atoms with E-state index in [0.29, 0.717) is 16.0 Å². The van der Waals surface area contributed by atoms with E-state index in [2.05, 4.69) is 10.6 Å². The zero-order valence-corrected chi connectivity index (χ0v) is 40.1. The Morgan fingerprint density at radius 1 is 0.831 bits per heavy atom. The molecule has 21 heteroatoms. The Kier molecular flexibility index (Phi) is 21.6. The molecule has 0 saturated carbocycles. The Morgan fingerprint density at radius 3 is 1.83 bits per heavy atom. The summed E-state index contributed by atoms with van der Waals surface area (Å²) in [5.74, 6) is -7.32. The Labute approximate surface area is 387 Å². The van der Waals surface area contributed by atoms with Gasteiger partial charge in [-0.05, 0) is 78.5 Å². The predicted molar refractivity (Wildman–Crippen MR) is 239 cm³/mol. The van der Waals surface area contributed by atoms with Crippen LogP contribution in [0, 0.1) is 29.1 Å². The van der Waals surface area contributed by atoms with Crippen LogP contribution in [-0.2, 0) is 44.7 Å². The summed E-state index contributed by atoms with van der Waals surface area (Å²) in [4.78, 5) is 98.5. The number of thiophene rings is 1. The molecule has 2 rings (SSSR count). The van der Waals surface area contributed by atoms with Gasteiger partial charge in [-0.2, -0.15) is 18.4 Å². The van der Waals surface area contributed by atoms with Crippen molar-refractivity contribution in [3.8, 4) is 6.07 Å². The summed E-state index contributed by atoms with van der Waals surface area (Å²) in [5.41, 5.74) is 6.27. The number of hydrogen-bond donors (Lipinski definition) is 4. The van der Waals surface area contributed by atoms with Crippen LogP contribution in [0.1, 0.15) is 92.6 Å². The number of halogens is 4. The summed E-state index contributed by atoms with van der Waals surface area (Å²) in [6.45, 7) is 12.0. The minimum absolute atomic E-state index is 0.0153. The lowest BCUT2D eigenvalue weighted by Crippen LogP contribution is -2.60. The van der Waals surface area contributed by atoms with Crippen molar-refractivity contribution < 1.29 is 56.6 Å². The number of carboxylic acid groups (broad SMARTS) is 1. The van der Waals surface area contributed by atoms with E-state index in [1.54, 1.807) is 71.2 Å². The average molecular weight is 959 g/mol. The number of nitrogens with one attached hydrogen (secondary N) is 2. The van der Waals surface area contributed by atoms with Crippen molar-refractivity contribution in [1.82, 2.24) is 25.3 Å². The third-order valence-corrected chi connectivity index (χ3v) is 11.9. The van der Waals surface area contributed by atoms with Crippen LogP contribution < -0.4 is 16.4 Å². The second-order valence-electron chi connectivity index (χ2n) is 17.6. The summed E-state index contributed by atoms with van der Waals surface area (Å²) in [6.07, 6.45) is -8.42. The summed E-state index contributed by atoms with van der Waals surface area (Å²) in [5, 5.41) is 26.8.